The van der Waals surface area contributed by atoms with Crippen molar-refractivity contribution in [2.45, 2.75) is 0 Å². The predicted molar refractivity (Wildman–Crippen MR) is 24.9 cm³/mol. The van der Waals surface area contributed by atoms with Crippen LogP contribution in [0.1, 0.15) is 0 Å². The van der Waals surface area contributed by atoms with Crippen molar-refractivity contribution in [2.75, 3.05) is 13.6 Å². The highest BCUT2D eigenvalue weighted by Gasteiger charge is 1.90. The smallest absolute Gasteiger partial charge is 0.0348 e. The third-order valence-electron chi connectivity index (χ3n) is 0.788. The highest BCUT2D eigenvalue weighted by atomic mass is 15.5. The summed E-state index contributed by atoms with van der Waals surface area (Å²) < 4.78 is 0. The van der Waals surface area contributed by atoms with Gasteiger partial charge in [0.15, 0.2) is 0 Å². The Morgan fingerprint density at radius 2 is 2.67 bits per heavy atom. The number of rotatable bonds is 0. The van der Waals surface area contributed by atoms with E-state index in [1.807, 2.05) is 18.3 Å². The number of hydrogen-bond donors (Lipinski definition) is 1. The van der Waals surface area contributed by atoms with Gasteiger partial charge in [0.05, 0.1) is 0 Å². The van der Waals surface area contributed by atoms with Crippen LogP contribution in [0.15, 0.2) is 12.3 Å². The molecular formula is C4H8N2. The van der Waals surface area contributed by atoms with E-state index >= 15 is 0 Å². The summed E-state index contributed by atoms with van der Waals surface area (Å²) in [6.45, 7) is 0.983. The molecule has 1 N–H and O–H groups in total. The van der Waals surface area contributed by atoms with Crippen LogP contribution in [-0.4, -0.2) is 18.6 Å². The quantitative estimate of drug-likeness (QED) is 0.442. The molecule has 2 heteroatoms. The van der Waals surface area contributed by atoms with E-state index in [0.717, 1.165) is 6.54 Å². The first-order chi connectivity index (χ1) is 2.89. The van der Waals surface area contributed by atoms with Crippen LogP contribution in [0.4, 0.5) is 0 Å². The van der Waals surface area contributed by atoms with Gasteiger partial charge in [-0.2, -0.15) is 0 Å². The molecule has 0 bridgehead atoms. The Hall–Kier alpha value is -0.500. The van der Waals surface area contributed by atoms with E-state index in [2.05, 4.69) is 11.5 Å². The Bertz CT molecular complexity index is 67.9. The lowest BCUT2D eigenvalue weighted by Crippen LogP contribution is -2.23. The van der Waals surface area contributed by atoms with Gasteiger partial charge in [0, 0.05) is 19.8 Å². The van der Waals surface area contributed by atoms with E-state index in [1.54, 1.807) is 0 Å². The van der Waals surface area contributed by atoms with Crippen molar-refractivity contribution in [3.8, 4) is 0 Å². The van der Waals surface area contributed by atoms with E-state index in [0.29, 0.717) is 0 Å². The van der Waals surface area contributed by atoms with E-state index in [9.17, 15) is 0 Å². The summed E-state index contributed by atoms with van der Waals surface area (Å²) in [7, 11) is 1.98. The van der Waals surface area contributed by atoms with Gasteiger partial charge >= 0.3 is 0 Å². The summed E-state index contributed by atoms with van der Waals surface area (Å²) in [4.78, 5) is 0. The molecule has 0 saturated heterocycles. The normalized spacial score (nSPS) is 19.8. The summed E-state index contributed by atoms with van der Waals surface area (Å²) in [5.74, 6) is 0. The molecule has 1 aliphatic rings. The predicted octanol–water partition coefficient (Wildman–Crippen LogP) is -0.0499. The Morgan fingerprint density at radius 3 is 2.83 bits per heavy atom. The molecule has 34 valence electrons. The maximum absolute atomic E-state index is 3.04. The second-order valence-electron chi connectivity index (χ2n) is 1.36. The topological polar surface area (TPSA) is 15.3 Å². The summed E-state index contributed by atoms with van der Waals surface area (Å²) in [5.41, 5.74) is 3.04. The molecule has 1 heterocycles. The second-order valence-corrected chi connectivity index (χ2v) is 1.36. The van der Waals surface area contributed by atoms with Gasteiger partial charge in [0.25, 0.3) is 0 Å². The number of nitrogens with one attached hydrogen (secondary N) is 1. The van der Waals surface area contributed by atoms with Crippen LogP contribution in [-0.2, 0) is 0 Å². The van der Waals surface area contributed by atoms with Gasteiger partial charge in [0.2, 0.25) is 0 Å². The van der Waals surface area contributed by atoms with E-state index in [-0.39, 0.29) is 0 Å². The standard InChI is InChI=1S/C4H8N2/c1-6-4-2-3-5-6/h2,4-5H,3H2,1H3. The molecule has 0 radical (unpaired) electrons. The lowest BCUT2D eigenvalue weighted by atomic mass is 10.7. The van der Waals surface area contributed by atoms with Gasteiger partial charge in [0.1, 0.15) is 0 Å². The van der Waals surface area contributed by atoms with Crippen molar-refractivity contribution < 1.29 is 0 Å². The fourth-order valence-corrected chi connectivity index (χ4v) is 0.460. The van der Waals surface area contributed by atoms with Crippen LogP contribution in [0.3, 0.4) is 0 Å². The van der Waals surface area contributed by atoms with Crippen molar-refractivity contribution in [1.29, 1.82) is 0 Å². The lowest BCUT2D eigenvalue weighted by molar-refractivity contribution is 0.374. The first-order valence-corrected chi connectivity index (χ1v) is 2.02. The molecule has 0 atom stereocenters. The zero-order valence-electron chi connectivity index (χ0n) is 3.81. The molecule has 0 saturated carbocycles. The van der Waals surface area contributed by atoms with Crippen LogP contribution in [0.25, 0.3) is 0 Å². The highest BCUT2D eigenvalue weighted by molar-refractivity contribution is 4.86. The minimum Gasteiger partial charge on any atom is -0.319 e. The largest absolute Gasteiger partial charge is 0.319 e. The Labute approximate surface area is 37.4 Å². The minimum atomic E-state index is 0.983. The molecular weight excluding hydrogens is 76.1 g/mol. The summed E-state index contributed by atoms with van der Waals surface area (Å²) >= 11 is 0. The molecule has 0 spiro atoms. The van der Waals surface area contributed by atoms with Gasteiger partial charge in [-0.05, 0) is 0 Å². The first-order valence-electron chi connectivity index (χ1n) is 2.02. The second kappa shape index (κ2) is 1.30. The van der Waals surface area contributed by atoms with Crippen LogP contribution in [0.2, 0.25) is 0 Å². The van der Waals surface area contributed by atoms with Crippen molar-refractivity contribution in [2.24, 2.45) is 0 Å². The minimum absolute atomic E-state index is 0.983. The van der Waals surface area contributed by atoms with E-state index < -0.39 is 0 Å². The van der Waals surface area contributed by atoms with E-state index in [4.69, 9.17) is 0 Å². The molecule has 0 fully saturated rings. The Balaban J connectivity index is 2.38. The van der Waals surface area contributed by atoms with Gasteiger partial charge in [-0.3, -0.25) is 0 Å². The fraction of sp³-hybridized carbons (Fsp3) is 0.500. The third-order valence-corrected chi connectivity index (χ3v) is 0.788. The van der Waals surface area contributed by atoms with Crippen LogP contribution < -0.4 is 5.43 Å². The van der Waals surface area contributed by atoms with Gasteiger partial charge in [-0.15, -0.1) is 0 Å². The van der Waals surface area contributed by atoms with Crippen molar-refractivity contribution >= 4 is 0 Å². The monoisotopic (exact) mass is 84.1 g/mol. The molecule has 0 aromatic rings. The van der Waals surface area contributed by atoms with Crippen molar-refractivity contribution in [3.63, 3.8) is 0 Å². The van der Waals surface area contributed by atoms with Gasteiger partial charge in [-0.1, -0.05) is 6.08 Å². The van der Waals surface area contributed by atoms with Crippen molar-refractivity contribution in [1.82, 2.24) is 10.4 Å². The van der Waals surface area contributed by atoms with Gasteiger partial charge < -0.3 is 5.01 Å². The molecule has 0 unspecified atom stereocenters. The number of hydrazine groups is 1. The molecule has 1 aliphatic heterocycles. The number of hydrogen-bond acceptors (Lipinski definition) is 2. The maximum atomic E-state index is 3.04. The lowest BCUT2D eigenvalue weighted by Gasteiger charge is -2.04. The Morgan fingerprint density at radius 1 is 1.83 bits per heavy atom. The number of nitrogens with zero attached hydrogens (tertiary/aromatic N) is 1. The SMILES string of the molecule is CN1C=CCN1. The molecule has 0 aromatic heterocycles. The first kappa shape index (κ1) is 3.68. The zero-order valence-corrected chi connectivity index (χ0v) is 3.81. The maximum Gasteiger partial charge on any atom is 0.0348 e. The summed E-state index contributed by atoms with van der Waals surface area (Å²) in [6.07, 6.45) is 4.07. The molecule has 0 aliphatic carbocycles. The zero-order chi connectivity index (χ0) is 4.41. The summed E-state index contributed by atoms with van der Waals surface area (Å²) in [5, 5.41) is 1.93. The van der Waals surface area contributed by atoms with E-state index in [1.165, 1.54) is 0 Å². The third kappa shape index (κ3) is 0.518. The van der Waals surface area contributed by atoms with Crippen LogP contribution >= 0.6 is 0 Å². The summed E-state index contributed by atoms with van der Waals surface area (Å²) in [6, 6.07) is 0. The van der Waals surface area contributed by atoms with Crippen molar-refractivity contribution in [3.05, 3.63) is 12.3 Å². The van der Waals surface area contributed by atoms with Crippen LogP contribution in [0, 0.1) is 0 Å². The highest BCUT2D eigenvalue weighted by Crippen LogP contribution is 1.83. The van der Waals surface area contributed by atoms with Crippen LogP contribution in [0.5, 0.6) is 0 Å². The average Bonchev–Trinajstić information content (AvgIpc) is 1.86. The molecule has 6 heavy (non-hydrogen) atoms. The fourth-order valence-electron chi connectivity index (χ4n) is 0.460. The van der Waals surface area contributed by atoms with Gasteiger partial charge in [-0.25, -0.2) is 5.43 Å². The Kier molecular flexibility index (Phi) is 0.801. The molecule has 1 rings (SSSR count). The molecule has 0 amide bonds. The average molecular weight is 84.1 g/mol. The molecule has 2 nitrogen and oxygen atoms in total. The molecule has 0 aromatic carbocycles.